The van der Waals surface area contributed by atoms with Crippen LogP contribution in [0.1, 0.15) is 17.2 Å². The molecule has 1 unspecified atom stereocenters. The molecule has 18 heavy (non-hydrogen) atoms. The van der Waals surface area contributed by atoms with Gasteiger partial charge in [-0.2, -0.15) is 0 Å². The van der Waals surface area contributed by atoms with Crippen molar-refractivity contribution in [3.8, 4) is 5.75 Å². The van der Waals surface area contributed by atoms with Crippen molar-refractivity contribution in [3.63, 3.8) is 0 Å². The molecule has 0 aliphatic carbocycles. The highest BCUT2D eigenvalue weighted by molar-refractivity contribution is 6.49. The van der Waals surface area contributed by atoms with E-state index >= 15 is 0 Å². The molecule has 1 atom stereocenters. The second kappa shape index (κ2) is 4.46. The van der Waals surface area contributed by atoms with Crippen molar-refractivity contribution in [3.05, 3.63) is 71.6 Å². The Bertz CT molecular complexity index is 621. The molecule has 90 valence electrons. The van der Waals surface area contributed by atoms with Crippen LogP contribution in [0.15, 0.2) is 54.6 Å². The van der Waals surface area contributed by atoms with Crippen LogP contribution in [0.5, 0.6) is 5.75 Å². The van der Waals surface area contributed by atoms with Crippen LogP contribution >= 0.6 is 11.6 Å². The highest BCUT2D eigenvalue weighted by atomic mass is 35.5. The molecule has 0 N–H and O–H groups in total. The first-order chi connectivity index (χ1) is 8.75. The molecule has 1 aliphatic heterocycles. The Hall–Kier alpha value is -1.80. The van der Waals surface area contributed by atoms with E-state index in [1.54, 1.807) is 24.3 Å². The smallest absolute Gasteiger partial charge is 0.147 e. The first-order valence-corrected chi connectivity index (χ1v) is 6.01. The monoisotopic (exact) mass is 260 g/mol. The molecule has 0 radical (unpaired) electrons. The van der Waals surface area contributed by atoms with Gasteiger partial charge >= 0.3 is 0 Å². The third-order valence-corrected chi connectivity index (χ3v) is 3.24. The fourth-order valence-electron chi connectivity index (χ4n) is 2.02. The quantitative estimate of drug-likeness (QED) is 0.731. The van der Waals surface area contributed by atoms with E-state index in [9.17, 15) is 4.39 Å². The summed E-state index contributed by atoms with van der Waals surface area (Å²) in [6.07, 6.45) is 1.25. The summed E-state index contributed by atoms with van der Waals surface area (Å²) < 4.78 is 19.5. The fraction of sp³-hybridized carbons (Fsp3) is 0.0667. The zero-order chi connectivity index (χ0) is 12.5. The van der Waals surface area contributed by atoms with Crippen LogP contribution in [0.25, 0.3) is 5.03 Å². The zero-order valence-corrected chi connectivity index (χ0v) is 10.2. The molecule has 2 aromatic carbocycles. The van der Waals surface area contributed by atoms with Gasteiger partial charge in [-0.25, -0.2) is 4.39 Å². The van der Waals surface area contributed by atoms with E-state index in [2.05, 4.69) is 0 Å². The summed E-state index contributed by atoms with van der Waals surface area (Å²) in [4.78, 5) is 0. The van der Waals surface area contributed by atoms with Crippen molar-refractivity contribution in [2.75, 3.05) is 0 Å². The lowest BCUT2D eigenvalue weighted by Gasteiger charge is -2.23. The Balaban J connectivity index is 2.05. The highest BCUT2D eigenvalue weighted by Gasteiger charge is 2.22. The van der Waals surface area contributed by atoms with E-state index in [1.165, 1.54) is 6.07 Å². The van der Waals surface area contributed by atoms with Crippen LogP contribution in [0, 0.1) is 5.82 Å². The molecule has 0 saturated heterocycles. The number of rotatable bonds is 1. The maximum absolute atomic E-state index is 13.7. The van der Waals surface area contributed by atoms with Crippen LogP contribution in [-0.4, -0.2) is 0 Å². The summed E-state index contributed by atoms with van der Waals surface area (Å²) in [7, 11) is 0. The van der Waals surface area contributed by atoms with Gasteiger partial charge in [0.15, 0.2) is 0 Å². The first-order valence-electron chi connectivity index (χ1n) is 5.63. The van der Waals surface area contributed by atoms with Crippen molar-refractivity contribution in [2.45, 2.75) is 6.10 Å². The lowest BCUT2D eigenvalue weighted by atomic mass is 10.0. The summed E-state index contributed by atoms with van der Waals surface area (Å²) >= 11 is 6.20. The molecule has 0 bridgehead atoms. The van der Waals surface area contributed by atoms with Crippen LogP contribution < -0.4 is 4.74 Å². The molecule has 1 aliphatic rings. The average molecular weight is 261 g/mol. The average Bonchev–Trinajstić information content (AvgIpc) is 2.39. The van der Waals surface area contributed by atoms with Crippen molar-refractivity contribution in [1.29, 1.82) is 0 Å². The number of fused-ring (bicyclic) bond motifs is 1. The van der Waals surface area contributed by atoms with Crippen molar-refractivity contribution >= 4 is 16.6 Å². The van der Waals surface area contributed by atoms with Gasteiger partial charge in [0.2, 0.25) is 0 Å². The van der Waals surface area contributed by atoms with Gasteiger partial charge in [0.1, 0.15) is 17.7 Å². The Kier molecular flexibility index (Phi) is 2.80. The van der Waals surface area contributed by atoms with Gasteiger partial charge in [0.05, 0.1) is 5.03 Å². The minimum Gasteiger partial charge on any atom is -0.481 e. The van der Waals surface area contributed by atoms with Gasteiger partial charge in [-0.15, -0.1) is 0 Å². The SMILES string of the molecule is Fc1ccccc1C1C=C(Cl)c2ccccc2O1. The summed E-state index contributed by atoms with van der Waals surface area (Å²) in [6.45, 7) is 0. The second-order valence-electron chi connectivity index (χ2n) is 4.07. The molecule has 3 heteroatoms. The van der Waals surface area contributed by atoms with E-state index in [0.717, 1.165) is 5.56 Å². The maximum atomic E-state index is 13.7. The molecule has 0 amide bonds. The predicted octanol–water partition coefficient (Wildman–Crippen LogP) is 4.54. The number of para-hydroxylation sites is 1. The van der Waals surface area contributed by atoms with Gasteiger partial charge in [-0.05, 0) is 24.3 Å². The van der Waals surface area contributed by atoms with Crippen LogP contribution in [0.2, 0.25) is 0 Å². The summed E-state index contributed by atoms with van der Waals surface area (Å²) in [5, 5.41) is 0.588. The number of halogens is 2. The first kappa shape index (κ1) is 11.3. The summed E-state index contributed by atoms with van der Waals surface area (Å²) in [5.74, 6) is 0.390. The fourth-order valence-corrected chi connectivity index (χ4v) is 2.29. The lowest BCUT2D eigenvalue weighted by Crippen LogP contribution is -2.11. The zero-order valence-electron chi connectivity index (χ0n) is 9.44. The number of hydrogen-bond donors (Lipinski definition) is 0. The van der Waals surface area contributed by atoms with Gasteiger partial charge < -0.3 is 4.74 Å². The van der Waals surface area contributed by atoms with Gasteiger partial charge in [0.25, 0.3) is 0 Å². The normalized spacial score (nSPS) is 17.7. The number of benzene rings is 2. The lowest BCUT2D eigenvalue weighted by molar-refractivity contribution is 0.245. The van der Waals surface area contributed by atoms with Crippen LogP contribution in [-0.2, 0) is 0 Å². The predicted molar refractivity (Wildman–Crippen MR) is 70.0 cm³/mol. The molecular weight excluding hydrogens is 251 g/mol. The third kappa shape index (κ3) is 1.89. The van der Waals surface area contributed by atoms with Crippen LogP contribution in [0.4, 0.5) is 4.39 Å². The molecule has 0 spiro atoms. The minimum atomic E-state index is -0.478. The van der Waals surface area contributed by atoms with Crippen LogP contribution in [0.3, 0.4) is 0 Å². The molecule has 1 heterocycles. The number of hydrogen-bond acceptors (Lipinski definition) is 1. The Labute approximate surface area is 109 Å². The molecule has 3 rings (SSSR count). The standard InChI is InChI=1S/C15H10ClFO/c16-12-9-15(11-6-1-3-7-13(11)17)18-14-8-4-2-5-10(12)14/h1-9,15H. The van der Waals surface area contributed by atoms with E-state index in [1.807, 2.05) is 24.3 Å². The molecule has 1 nitrogen and oxygen atoms in total. The van der Waals surface area contributed by atoms with E-state index < -0.39 is 6.10 Å². The molecule has 0 aromatic heterocycles. The molecule has 2 aromatic rings. The highest BCUT2D eigenvalue weighted by Crippen LogP contribution is 2.39. The van der Waals surface area contributed by atoms with Gasteiger partial charge in [-0.3, -0.25) is 0 Å². The Morgan fingerprint density at radius 1 is 1.00 bits per heavy atom. The van der Waals surface area contributed by atoms with Crippen molar-refractivity contribution in [2.24, 2.45) is 0 Å². The van der Waals surface area contributed by atoms with E-state index in [-0.39, 0.29) is 5.82 Å². The Morgan fingerprint density at radius 2 is 1.72 bits per heavy atom. The van der Waals surface area contributed by atoms with E-state index in [4.69, 9.17) is 16.3 Å². The summed E-state index contributed by atoms with van der Waals surface area (Å²) in [6, 6.07) is 14.0. The third-order valence-electron chi connectivity index (χ3n) is 2.91. The topological polar surface area (TPSA) is 9.23 Å². The van der Waals surface area contributed by atoms with E-state index in [0.29, 0.717) is 16.3 Å². The number of ether oxygens (including phenoxy) is 1. The van der Waals surface area contributed by atoms with Crippen molar-refractivity contribution < 1.29 is 9.13 Å². The minimum absolute atomic E-state index is 0.289. The maximum Gasteiger partial charge on any atom is 0.147 e. The van der Waals surface area contributed by atoms with Gasteiger partial charge in [-0.1, -0.05) is 41.9 Å². The largest absolute Gasteiger partial charge is 0.481 e. The molecule has 0 saturated carbocycles. The Morgan fingerprint density at radius 3 is 2.56 bits per heavy atom. The summed E-state index contributed by atoms with van der Waals surface area (Å²) in [5.41, 5.74) is 1.33. The second-order valence-corrected chi connectivity index (χ2v) is 4.48. The van der Waals surface area contributed by atoms with Crippen molar-refractivity contribution in [1.82, 2.24) is 0 Å². The molecular formula is C15H10ClFO. The molecule has 0 fully saturated rings. The van der Waals surface area contributed by atoms with Gasteiger partial charge in [0, 0.05) is 11.1 Å².